The fourth-order valence-electron chi connectivity index (χ4n) is 5.35. The third-order valence-electron chi connectivity index (χ3n) is 7.71. The number of rotatable bonds is 8. The van der Waals surface area contributed by atoms with E-state index in [2.05, 4.69) is 11.4 Å². The molecule has 2 N–H and O–H groups in total. The second-order valence-electron chi connectivity index (χ2n) is 12.4. The minimum Gasteiger partial charge on any atom is -0.490 e. The number of anilines is 1. The predicted molar refractivity (Wildman–Crippen MR) is 175 cm³/mol. The third-order valence-corrected chi connectivity index (χ3v) is 7.71. The summed E-state index contributed by atoms with van der Waals surface area (Å²) in [5, 5.41) is 25.3. The summed E-state index contributed by atoms with van der Waals surface area (Å²) in [6.07, 6.45) is -0.474. The van der Waals surface area contributed by atoms with Gasteiger partial charge in [-0.25, -0.2) is 9.59 Å². The van der Waals surface area contributed by atoms with E-state index in [4.69, 9.17) is 14.2 Å². The van der Waals surface area contributed by atoms with Crippen molar-refractivity contribution in [2.75, 3.05) is 18.4 Å². The number of hydrogen-bond donors (Lipinski definition) is 2. The van der Waals surface area contributed by atoms with Crippen LogP contribution in [0.3, 0.4) is 0 Å². The first-order valence-electron chi connectivity index (χ1n) is 15.4. The summed E-state index contributed by atoms with van der Waals surface area (Å²) < 4.78 is 17.3. The first kappa shape index (κ1) is 32.3. The van der Waals surface area contributed by atoms with Crippen molar-refractivity contribution in [3.8, 4) is 11.8 Å². The Balaban J connectivity index is 1.31. The van der Waals surface area contributed by atoms with Gasteiger partial charge in [-0.1, -0.05) is 48.5 Å². The van der Waals surface area contributed by atoms with Gasteiger partial charge >= 0.3 is 12.2 Å². The highest BCUT2D eigenvalue weighted by Crippen LogP contribution is 2.31. The number of nitriles is 1. The highest BCUT2D eigenvalue weighted by molar-refractivity contribution is 5.86. The van der Waals surface area contributed by atoms with Crippen LogP contribution in [0, 0.1) is 11.3 Å². The van der Waals surface area contributed by atoms with Crippen molar-refractivity contribution in [3.63, 3.8) is 0 Å². The molecule has 9 nitrogen and oxygen atoms in total. The van der Waals surface area contributed by atoms with E-state index in [9.17, 15) is 20.0 Å². The summed E-state index contributed by atoms with van der Waals surface area (Å²) in [4.78, 5) is 27.0. The maximum absolute atomic E-state index is 12.8. The minimum atomic E-state index is -0.900. The van der Waals surface area contributed by atoms with Crippen molar-refractivity contribution in [1.82, 2.24) is 4.90 Å². The molecule has 1 fully saturated rings. The van der Waals surface area contributed by atoms with E-state index >= 15 is 0 Å². The van der Waals surface area contributed by atoms with Gasteiger partial charge in [0.05, 0.1) is 17.7 Å². The number of likely N-dealkylation sites (tertiary alicyclic amines) is 1. The van der Waals surface area contributed by atoms with E-state index in [0.717, 1.165) is 16.3 Å². The number of ether oxygens (including phenoxy) is 3. The molecule has 1 heterocycles. The van der Waals surface area contributed by atoms with Gasteiger partial charge in [-0.2, -0.15) is 5.26 Å². The van der Waals surface area contributed by atoms with Crippen LogP contribution in [0.1, 0.15) is 62.0 Å². The molecule has 0 bridgehead atoms. The Morgan fingerprint density at radius 3 is 2.43 bits per heavy atom. The fourth-order valence-corrected chi connectivity index (χ4v) is 5.35. The van der Waals surface area contributed by atoms with Crippen LogP contribution in [-0.2, 0) is 22.5 Å². The molecule has 4 aromatic rings. The number of nitrogens with one attached hydrogen (secondary N) is 1. The third kappa shape index (κ3) is 8.77. The van der Waals surface area contributed by atoms with Gasteiger partial charge in [0.15, 0.2) is 0 Å². The van der Waals surface area contributed by atoms with E-state index in [1.165, 1.54) is 0 Å². The largest absolute Gasteiger partial charge is 0.490 e. The number of aliphatic hydroxyl groups excluding tert-OH is 1. The summed E-state index contributed by atoms with van der Waals surface area (Å²) in [6.45, 7) is 6.71. The predicted octanol–water partition coefficient (Wildman–Crippen LogP) is 7.51. The molecular formula is C37H39N3O6. The van der Waals surface area contributed by atoms with Crippen molar-refractivity contribution >= 4 is 28.6 Å². The summed E-state index contributed by atoms with van der Waals surface area (Å²) in [5.74, 6) is 0.596. The Morgan fingerprint density at radius 2 is 1.72 bits per heavy atom. The van der Waals surface area contributed by atoms with Gasteiger partial charge in [0, 0.05) is 38.0 Å². The molecule has 1 saturated heterocycles. The monoisotopic (exact) mass is 621 g/mol. The first-order chi connectivity index (χ1) is 22.1. The zero-order valence-corrected chi connectivity index (χ0v) is 26.4. The van der Waals surface area contributed by atoms with Crippen LogP contribution in [0.2, 0.25) is 0 Å². The van der Waals surface area contributed by atoms with Crippen molar-refractivity contribution in [2.24, 2.45) is 0 Å². The molecule has 5 rings (SSSR count). The SMILES string of the molecule is CC(C)(C)OC(=O)N1CCC(Oc2ccc(NC(=O)OCc3ccccc3)c(CC(O)c3ccc4ccc(C#N)cc4c3)c2)CC1. The molecule has 0 aromatic heterocycles. The molecule has 1 unspecified atom stereocenters. The summed E-state index contributed by atoms with van der Waals surface area (Å²) >= 11 is 0. The Kier molecular flexibility index (Phi) is 10.1. The van der Waals surface area contributed by atoms with Crippen molar-refractivity contribution in [1.29, 1.82) is 5.26 Å². The van der Waals surface area contributed by atoms with E-state index in [1.54, 1.807) is 29.2 Å². The van der Waals surface area contributed by atoms with Gasteiger partial charge in [-0.3, -0.25) is 5.32 Å². The van der Waals surface area contributed by atoms with Crippen LogP contribution in [0.4, 0.5) is 15.3 Å². The highest BCUT2D eigenvalue weighted by Gasteiger charge is 2.28. The minimum absolute atomic E-state index is 0.110. The lowest BCUT2D eigenvalue weighted by atomic mass is 9.97. The highest BCUT2D eigenvalue weighted by atomic mass is 16.6. The Labute approximate surface area is 269 Å². The molecule has 4 aromatic carbocycles. The normalized spacial score (nSPS) is 14.3. The maximum atomic E-state index is 12.8. The van der Waals surface area contributed by atoms with Gasteiger partial charge < -0.3 is 24.2 Å². The van der Waals surface area contributed by atoms with Crippen LogP contribution < -0.4 is 10.1 Å². The molecule has 238 valence electrons. The molecule has 9 heteroatoms. The molecule has 1 aliphatic heterocycles. The quantitative estimate of drug-likeness (QED) is 0.209. The molecule has 0 radical (unpaired) electrons. The van der Waals surface area contributed by atoms with E-state index in [0.29, 0.717) is 54.1 Å². The zero-order chi connectivity index (χ0) is 32.7. The van der Waals surface area contributed by atoms with E-state index in [1.807, 2.05) is 81.4 Å². The number of nitrogens with zero attached hydrogens (tertiary/aromatic N) is 2. The van der Waals surface area contributed by atoms with Crippen LogP contribution in [0.15, 0.2) is 84.9 Å². The molecule has 0 aliphatic carbocycles. The number of aliphatic hydroxyl groups is 1. The van der Waals surface area contributed by atoms with Gasteiger partial charge in [0.2, 0.25) is 0 Å². The van der Waals surface area contributed by atoms with Gasteiger partial charge in [0.1, 0.15) is 24.1 Å². The molecule has 0 spiro atoms. The zero-order valence-electron chi connectivity index (χ0n) is 26.4. The van der Waals surface area contributed by atoms with Crippen LogP contribution in [-0.4, -0.2) is 47.0 Å². The van der Waals surface area contributed by atoms with Gasteiger partial charge in [-0.15, -0.1) is 0 Å². The molecule has 0 saturated carbocycles. The lowest BCUT2D eigenvalue weighted by molar-refractivity contribution is 0.0126. The first-order valence-corrected chi connectivity index (χ1v) is 15.4. The van der Waals surface area contributed by atoms with Crippen LogP contribution in [0.5, 0.6) is 5.75 Å². The van der Waals surface area contributed by atoms with Gasteiger partial charge in [-0.05, 0) is 84.6 Å². The van der Waals surface area contributed by atoms with Crippen molar-refractivity contribution in [2.45, 2.75) is 64.4 Å². The van der Waals surface area contributed by atoms with Crippen LogP contribution in [0.25, 0.3) is 10.8 Å². The lowest BCUT2D eigenvalue weighted by Crippen LogP contribution is -2.44. The van der Waals surface area contributed by atoms with Crippen LogP contribution >= 0.6 is 0 Å². The van der Waals surface area contributed by atoms with E-state index < -0.39 is 17.8 Å². The fraction of sp³-hybridized carbons (Fsp3) is 0.324. The second-order valence-corrected chi connectivity index (χ2v) is 12.4. The average molecular weight is 622 g/mol. The number of fused-ring (bicyclic) bond motifs is 1. The molecule has 1 aliphatic rings. The summed E-state index contributed by atoms with van der Waals surface area (Å²) in [7, 11) is 0. The number of piperidine rings is 1. The number of carbonyl (C=O) groups excluding carboxylic acids is 2. The summed E-state index contributed by atoms with van der Waals surface area (Å²) in [6, 6.07) is 28.0. The number of carbonyl (C=O) groups is 2. The van der Waals surface area contributed by atoms with Crippen molar-refractivity contribution in [3.05, 3.63) is 107 Å². The lowest BCUT2D eigenvalue weighted by Gasteiger charge is -2.33. The molecule has 2 amide bonds. The Morgan fingerprint density at radius 1 is 0.978 bits per heavy atom. The Hall–Kier alpha value is -5.07. The molecular weight excluding hydrogens is 582 g/mol. The van der Waals surface area contributed by atoms with Crippen molar-refractivity contribution < 1.29 is 28.9 Å². The second kappa shape index (κ2) is 14.4. The van der Waals surface area contributed by atoms with E-state index in [-0.39, 0.29) is 25.2 Å². The van der Waals surface area contributed by atoms with Gasteiger partial charge in [0.25, 0.3) is 0 Å². The average Bonchev–Trinajstić information content (AvgIpc) is 3.04. The number of amides is 2. The number of hydrogen-bond acceptors (Lipinski definition) is 7. The maximum Gasteiger partial charge on any atom is 0.411 e. The molecule has 46 heavy (non-hydrogen) atoms. The number of benzene rings is 4. The summed E-state index contributed by atoms with van der Waals surface area (Å²) in [5.41, 5.74) is 2.70. The Bertz CT molecular complexity index is 1720. The smallest absolute Gasteiger partial charge is 0.411 e. The molecule has 1 atom stereocenters. The standard InChI is InChI=1S/C37H39N3O6/c1-37(2,3)46-36(43)40-17-15-31(16-18-40)45-32-13-14-33(39-35(42)44-24-25-7-5-4-6-8-25)30(21-32)22-34(41)28-12-11-27-10-9-26(23-38)19-29(27)20-28/h4-14,19-21,31,34,41H,15-18,22,24H2,1-3H3,(H,39,42). The topological polar surface area (TPSA) is 121 Å².